The van der Waals surface area contributed by atoms with Gasteiger partial charge < -0.3 is 18.7 Å². The van der Waals surface area contributed by atoms with Gasteiger partial charge in [-0.25, -0.2) is 0 Å². The second-order valence-corrected chi connectivity index (χ2v) is 6.20. The zero-order valence-electron chi connectivity index (χ0n) is 16.6. The normalized spacial score (nSPS) is 10.9. The molecular weight excluding hydrogens is 358 g/mol. The number of ether oxygens (including phenoxy) is 3. The lowest BCUT2D eigenvalue weighted by molar-refractivity contribution is 0.228. The van der Waals surface area contributed by atoms with Crippen LogP contribution in [0.4, 0.5) is 0 Å². The van der Waals surface area contributed by atoms with Gasteiger partial charge in [0.25, 0.3) is 0 Å². The summed E-state index contributed by atoms with van der Waals surface area (Å²) < 4.78 is 21.5. The van der Waals surface area contributed by atoms with E-state index in [9.17, 15) is 0 Å². The van der Waals surface area contributed by atoms with Crippen molar-refractivity contribution in [1.82, 2.24) is 15.0 Å². The van der Waals surface area contributed by atoms with Crippen LogP contribution in [0.1, 0.15) is 18.4 Å². The summed E-state index contributed by atoms with van der Waals surface area (Å²) in [7, 11) is 4.89. The van der Waals surface area contributed by atoms with Crippen molar-refractivity contribution in [2.24, 2.45) is 0 Å². The van der Waals surface area contributed by atoms with Gasteiger partial charge in [-0.1, -0.05) is 30.3 Å². The van der Waals surface area contributed by atoms with Gasteiger partial charge in [-0.3, -0.25) is 4.90 Å². The summed E-state index contributed by atoms with van der Waals surface area (Å²) in [6, 6.07) is 13.5. The minimum Gasteiger partial charge on any atom is -0.496 e. The molecule has 28 heavy (non-hydrogen) atoms. The van der Waals surface area contributed by atoms with E-state index in [2.05, 4.69) is 22.0 Å². The summed E-state index contributed by atoms with van der Waals surface area (Å²) in [5, 5.41) is 4.11. The van der Waals surface area contributed by atoms with E-state index in [1.54, 1.807) is 21.3 Å². The Kier molecular flexibility index (Phi) is 6.49. The van der Waals surface area contributed by atoms with E-state index in [4.69, 9.17) is 18.7 Å². The summed E-state index contributed by atoms with van der Waals surface area (Å²) in [5.41, 5.74) is 1.92. The highest BCUT2D eigenvalue weighted by Crippen LogP contribution is 2.29. The summed E-state index contributed by atoms with van der Waals surface area (Å²) in [5.74, 6) is 3.23. The third-order valence-electron chi connectivity index (χ3n) is 4.48. The SMILES string of the molecule is CCN(Cc1ccc(OC)c(OC)c1)Cc1nc(-c2ccccc2OC)no1. The van der Waals surface area contributed by atoms with Crippen LogP contribution in [0.25, 0.3) is 11.4 Å². The molecule has 0 aliphatic carbocycles. The first-order chi connectivity index (χ1) is 13.7. The van der Waals surface area contributed by atoms with Gasteiger partial charge in [0.2, 0.25) is 11.7 Å². The first-order valence-electron chi connectivity index (χ1n) is 9.07. The Morgan fingerprint density at radius 2 is 1.64 bits per heavy atom. The molecule has 7 heteroatoms. The third-order valence-corrected chi connectivity index (χ3v) is 4.48. The zero-order chi connectivity index (χ0) is 19.9. The molecule has 148 valence electrons. The van der Waals surface area contributed by atoms with Crippen molar-refractivity contribution in [3.63, 3.8) is 0 Å². The molecule has 0 saturated carbocycles. The first kappa shape index (κ1) is 19.7. The van der Waals surface area contributed by atoms with Gasteiger partial charge in [-0.2, -0.15) is 4.98 Å². The summed E-state index contributed by atoms with van der Waals surface area (Å²) in [6.07, 6.45) is 0. The van der Waals surface area contributed by atoms with Crippen molar-refractivity contribution < 1.29 is 18.7 Å². The predicted octanol–water partition coefficient (Wildman–Crippen LogP) is 3.78. The summed E-state index contributed by atoms with van der Waals surface area (Å²) >= 11 is 0. The van der Waals surface area contributed by atoms with Gasteiger partial charge in [0.05, 0.1) is 33.4 Å². The monoisotopic (exact) mass is 383 g/mol. The number of benzene rings is 2. The molecule has 2 aromatic carbocycles. The summed E-state index contributed by atoms with van der Waals surface area (Å²) in [4.78, 5) is 6.74. The van der Waals surface area contributed by atoms with Gasteiger partial charge in [-0.05, 0) is 36.4 Å². The largest absolute Gasteiger partial charge is 0.496 e. The highest BCUT2D eigenvalue weighted by molar-refractivity contribution is 5.63. The van der Waals surface area contributed by atoms with Crippen LogP contribution in [0.2, 0.25) is 0 Å². The number of hydrogen-bond acceptors (Lipinski definition) is 7. The van der Waals surface area contributed by atoms with E-state index < -0.39 is 0 Å². The third kappa shape index (κ3) is 4.43. The Hall–Kier alpha value is -3.06. The van der Waals surface area contributed by atoms with E-state index in [1.165, 1.54) is 0 Å². The maximum absolute atomic E-state index is 5.47. The van der Waals surface area contributed by atoms with Crippen LogP contribution < -0.4 is 14.2 Å². The molecule has 0 aliphatic heterocycles. The van der Waals surface area contributed by atoms with Gasteiger partial charge >= 0.3 is 0 Å². The van der Waals surface area contributed by atoms with Crippen molar-refractivity contribution >= 4 is 0 Å². The zero-order valence-corrected chi connectivity index (χ0v) is 16.6. The fourth-order valence-corrected chi connectivity index (χ4v) is 2.97. The maximum Gasteiger partial charge on any atom is 0.241 e. The molecule has 0 aliphatic rings. The van der Waals surface area contributed by atoms with Gasteiger partial charge in [0.15, 0.2) is 11.5 Å². The lowest BCUT2D eigenvalue weighted by Crippen LogP contribution is -2.22. The molecule has 0 radical (unpaired) electrons. The standard InChI is InChI=1S/C21H25N3O4/c1-5-24(13-15-10-11-18(26-3)19(12-15)27-4)14-20-22-21(23-28-20)16-8-6-7-9-17(16)25-2/h6-12H,5,13-14H2,1-4H3. The molecule has 1 heterocycles. The maximum atomic E-state index is 5.47. The highest BCUT2D eigenvalue weighted by Gasteiger charge is 2.16. The minimum atomic E-state index is 0.523. The molecule has 0 bridgehead atoms. The van der Waals surface area contributed by atoms with E-state index in [-0.39, 0.29) is 0 Å². The fraction of sp³-hybridized carbons (Fsp3) is 0.333. The quantitative estimate of drug-likeness (QED) is 0.557. The van der Waals surface area contributed by atoms with Crippen LogP contribution >= 0.6 is 0 Å². The van der Waals surface area contributed by atoms with Crippen molar-refractivity contribution in [3.05, 3.63) is 53.9 Å². The number of rotatable bonds is 9. The molecule has 3 rings (SSSR count). The fourth-order valence-electron chi connectivity index (χ4n) is 2.97. The van der Waals surface area contributed by atoms with Gasteiger partial charge in [0, 0.05) is 6.54 Å². The Labute approximate surface area is 164 Å². The van der Waals surface area contributed by atoms with E-state index >= 15 is 0 Å². The van der Waals surface area contributed by atoms with Crippen LogP contribution in [0.3, 0.4) is 0 Å². The Bertz CT molecular complexity index is 910. The highest BCUT2D eigenvalue weighted by atomic mass is 16.5. The second-order valence-electron chi connectivity index (χ2n) is 6.20. The van der Waals surface area contributed by atoms with Gasteiger partial charge in [-0.15, -0.1) is 0 Å². The number of nitrogens with zero attached hydrogens (tertiary/aromatic N) is 3. The number of methoxy groups -OCH3 is 3. The van der Waals surface area contributed by atoms with E-state index in [1.807, 2.05) is 42.5 Å². The average molecular weight is 383 g/mol. The van der Waals surface area contributed by atoms with Crippen LogP contribution in [-0.4, -0.2) is 42.9 Å². The Morgan fingerprint density at radius 3 is 2.36 bits per heavy atom. The minimum absolute atomic E-state index is 0.523. The lowest BCUT2D eigenvalue weighted by Gasteiger charge is -2.19. The van der Waals surface area contributed by atoms with Crippen LogP contribution in [0, 0.1) is 0 Å². The van der Waals surface area contributed by atoms with Crippen LogP contribution in [-0.2, 0) is 13.1 Å². The van der Waals surface area contributed by atoms with Crippen molar-refractivity contribution in [2.75, 3.05) is 27.9 Å². The second kappa shape index (κ2) is 9.23. The number of hydrogen-bond donors (Lipinski definition) is 0. The van der Waals surface area contributed by atoms with Crippen molar-refractivity contribution in [1.29, 1.82) is 0 Å². The lowest BCUT2D eigenvalue weighted by atomic mass is 10.2. The molecule has 3 aromatic rings. The van der Waals surface area contributed by atoms with E-state index in [0.717, 1.165) is 24.2 Å². The van der Waals surface area contributed by atoms with Crippen molar-refractivity contribution in [3.8, 4) is 28.6 Å². The van der Waals surface area contributed by atoms with Crippen LogP contribution in [0.5, 0.6) is 17.2 Å². The average Bonchev–Trinajstić information content (AvgIpc) is 3.21. The molecule has 7 nitrogen and oxygen atoms in total. The van der Waals surface area contributed by atoms with Crippen molar-refractivity contribution in [2.45, 2.75) is 20.0 Å². The molecular formula is C21H25N3O4. The molecule has 0 spiro atoms. The molecule has 0 unspecified atom stereocenters. The Balaban J connectivity index is 1.73. The van der Waals surface area contributed by atoms with E-state index in [0.29, 0.717) is 35.5 Å². The molecule has 0 fully saturated rings. The first-order valence-corrected chi connectivity index (χ1v) is 9.07. The predicted molar refractivity (Wildman–Crippen MR) is 106 cm³/mol. The molecule has 0 N–H and O–H groups in total. The number of para-hydroxylation sites is 1. The molecule has 1 aromatic heterocycles. The molecule has 0 amide bonds. The van der Waals surface area contributed by atoms with Crippen LogP contribution in [0.15, 0.2) is 47.0 Å². The Morgan fingerprint density at radius 1 is 0.893 bits per heavy atom. The summed E-state index contributed by atoms with van der Waals surface area (Å²) in [6.45, 7) is 4.20. The smallest absolute Gasteiger partial charge is 0.241 e. The number of aromatic nitrogens is 2. The molecule has 0 saturated heterocycles. The topological polar surface area (TPSA) is 69.9 Å². The molecule has 0 atom stereocenters. The van der Waals surface area contributed by atoms with Gasteiger partial charge in [0.1, 0.15) is 5.75 Å².